The van der Waals surface area contributed by atoms with Crippen molar-refractivity contribution < 1.29 is 4.74 Å². The first-order valence-corrected chi connectivity index (χ1v) is 5.43. The minimum Gasteiger partial charge on any atom is -0.496 e. The molecule has 0 saturated heterocycles. The van der Waals surface area contributed by atoms with E-state index in [1.165, 1.54) is 11.1 Å². The smallest absolute Gasteiger partial charge is 0.133 e. The summed E-state index contributed by atoms with van der Waals surface area (Å²) >= 11 is 3.49. The number of rotatable bonds is 3. The van der Waals surface area contributed by atoms with Crippen LogP contribution in [0.15, 0.2) is 16.6 Å². The molecule has 78 valence electrons. The van der Waals surface area contributed by atoms with Gasteiger partial charge in [0, 0.05) is 0 Å². The first-order valence-electron chi connectivity index (χ1n) is 4.64. The molecule has 0 heterocycles. The summed E-state index contributed by atoms with van der Waals surface area (Å²) in [5, 5.41) is 0. The van der Waals surface area contributed by atoms with Crippen LogP contribution in [-0.4, -0.2) is 13.7 Å². The van der Waals surface area contributed by atoms with Crippen molar-refractivity contribution in [3.8, 4) is 5.75 Å². The quantitative estimate of drug-likeness (QED) is 0.904. The van der Waals surface area contributed by atoms with Crippen LogP contribution in [0.5, 0.6) is 5.75 Å². The van der Waals surface area contributed by atoms with Crippen LogP contribution in [0.4, 0.5) is 0 Å². The molecule has 0 fully saturated rings. The molecule has 0 aliphatic carbocycles. The Morgan fingerprint density at radius 3 is 2.64 bits per heavy atom. The molecule has 2 nitrogen and oxygen atoms in total. The zero-order valence-electron chi connectivity index (χ0n) is 8.80. The third-order valence-corrected chi connectivity index (χ3v) is 3.40. The molecule has 0 aromatic heterocycles. The van der Waals surface area contributed by atoms with Gasteiger partial charge in [-0.15, -0.1) is 0 Å². The minimum absolute atomic E-state index is 0.371. The van der Waals surface area contributed by atoms with Crippen LogP contribution in [0.25, 0.3) is 0 Å². The summed E-state index contributed by atoms with van der Waals surface area (Å²) in [5.74, 6) is 1.25. The SMILES string of the molecule is COc1cc(C(C)CN)cc(C)c1Br. The van der Waals surface area contributed by atoms with E-state index in [9.17, 15) is 0 Å². The van der Waals surface area contributed by atoms with Gasteiger partial charge in [0.15, 0.2) is 0 Å². The van der Waals surface area contributed by atoms with Crippen LogP contribution < -0.4 is 10.5 Å². The maximum absolute atomic E-state index is 5.63. The van der Waals surface area contributed by atoms with Crippen LogP contribution in [0.1, 0.15) is 24.0 Å². The van der Waals surface area contributed by atoms with Crippen molar-refractivity contribution in [3.63, 3.8) is 0 Å². The summed E-state index contributed by atoms with van der Waals surface area (Å²) in [4.78, 5) is 0. The molecule has 1 rings (SSSR count). The molecule has 0 saturated carbocycles. The van der Waals surface area contributed by atoms with Gasteiger partial charge in [-0.2, -0.15) is 0 Å². The first-order chi connectivity index (χ1) is 6.60. The largest absolute Gasteiger partial charge is 0.496 e. The molecule has 1 unspecified atom stereocenters. The summed E-state index contributed by atoms with van der Waals surface area (Å²) in [7, 11) is 1.68. The predicted molar refractivity (Wildman–Crippen MR) is 62.9 cm³/mol. The van der Waals surface area contributed by atoms with Gasteiger partial charge in [0.2, 0.25) is 0 Å². The second kappa shape index (κ2) is 4.80. The van der Waals surface area contributed by atoms with E-state index in [2.05, 4.69) is 35.8 Å². The molecule has 1 aromatic rings. The Morgan fingerprint density at radius 2 is 2.14 bits per heavy atom. The van der Waals surface area contributed by atoms with Gasteiger partial charge in [0.25, 0.3) is 0 Å². The monoisotopic (exact) mass is 257 g/mol. The fourth-order valence-corrected chi connectivity index (χ4v) is 1.72. The van der Waals surface area contributed by atoms with Gasteiger partial charge in [-0.3, -0.25) is 0 Å². The summed E-state index contributed by atoms with van der Waals surface area (Å²) in [6.45, 7) is 4.83. The van der Waals surface area contributed by atoms with Crippen LogP contribution in [0.2, 0.25) is 0 Å². The van der Waals surface area contributed by atoms with Crippen LogP contribution in [0.3, 0.4) is 0 Å². The molecule has 0 amide bonds. The summed E-state index contributed by atoms with van der Waals surface area (Å²) in [5.41, 5.74) is 8.04. The van der Waals surface area contributed by atoms with E-state index in [0.717, 1.165) is 10.2 Å². The van der Waals surface area contributed by atoms with Crippen molar-refractivity contribution in [1.82, 2.24) is 0 Å². The lowest BCUT2D eigenvalue weighted by Crippen LogP contribution is -2.09. The van der Waals surface area contributed by atoms with E-state index >= 15 is 0 Å². The number of methoxy groups -OCH3 is 1. The van der Waals surface area contributed by atoms with Crippen molar-refractivity contribution in [2.24, 2.45) is 5.73 Å². The fraction of sp³-hybridized carbons (Fsp3) is 0.455. The van der Waals surface area contributed by atoms with E-state index < -0.39 is 0 Å². The van der Waals surface area contributed by atoms with Gasteiger partial charge < -0.3 is 10.5 Å². The summed E-state index contributed by atoms with van der Waals surface area (Å²) in [6.07, 6.45) is 0. The van der Waals surface area contributed by atoms with E-state index in [1.54, 1.807) is 7.11 Å². The Bertz CT molecular complexity index is 325. The van der Waals surface area contributed by atoms with E-state index in [-0.39, 0.29) is 0 Å². The van der Waals surface area contributed by atoms with Gasteiger partial charge in [-0.1, -0.05) is 13.0 Å². The van der Waals surface area contributed by atoms with Crippen LogP contribution >= 0.6 is 15.9 Å². The molecule has 0 spiro atoms. The van der Waals surface area contributed by atoms with Gasteiger partial charge in [0.1, 0.15) is 5.75 Å². The number of ether oxygens (including phenoxy) is 1. The Balaban J connectivity index is 3.16. The highest BCUT2D eigenvalue weighted by atomic mass is 79.9. The number of hydrogen-bond acceptors (Lipinski definition) is 2. The Labute approximate surface area is 93.6 Å². The van der Waals surface area contributed by atoms with Crippen LogP contribution in [-0.2, 0) is 0 Å². The van der Waals surface area contributed by atoms with E-state index in [4.69, 9.17) is 10.5 Å². The second-order valence-corrected chi connectivity index (χ2v) is 4.28. The zero-order valence-corrected chi connectivity index (χ0v) is 10.4. The predicted octanol–water partition coefficient (Wildman–Crippen LogP) is 2.83. The van der Waals surface area contributed by atoms with Crippen molar-refractivity contribution in [2.45, 2.75) is 19.8 Å². The molecular weight excluding hydrogens is 242 g/mol. The molecule has 2 N–H and O–H groups in total. The highest BCUT2D eigenvalue weighted by molar-refractivity contribution is 9.10. The van der Waals surface area contributed by atoms with E-state index in [1.807, 2.05) is 6.07 Å². The average Bonchev–Trinajstić information content (AvgIpc) is 2.20. The molecule has 3 heteroatoms. The highest BCUT2D eigenvalue weighted by Crippen LogP contribution is 2.32. The molecule has 0 radical (unpaired) electrons. The number of nitrogens with two attached hydrogens (primary N) is 1. The Kier molecular flexibility index (Phi) is 3.96. The fourth-order valence-electron chi connectivity index (χ4n) is 1.33. The Morgan fingerprint density at radius 1 is 1.50 bits per heavy atom. The molecular formula is C11H16BrNO. The lowest BCUT2D eigenvalue weighted by atomic mass is 9.99. The molecule has 0 aliphatic rings. The number of benzene rings is 1. The lowest BCUT2D eigenvalue weighted by molar-refractivity contribution is 0.411. The highest BCUT2D eigenvalue weighted by Gasteiger charge is 2.09. The molecule has 0 aliphatic heterocycles. The minimum atomic E-state index is 0.371. The third kappa shape index (κ3) is 2.28. The molecule has 14 heavy (non-hydrogen) atoms. The lowest BCUT2D eigenvalue weighted by Gasteiger charge is -2.13. The van der Waals surface area contributed by atoms with Crippen molar-refractivity contribution in [2.75, 3.05) is 13.7 Å². The van der Waals surface area contributed by atoms with E-state index in [0.29, 0.717) is 12.5 Å². The first kappa shape index (κ1) is 11.5. The standard InChI is InChI=1S/C11H16BrNO/c1-7-4-9(8(2)6-13)5-10(14-3)11(7)12/h4-5,8H,6,13H2,1-3H3. The number of hydrogen-bond donors (Lipinski definition) is 1. The molecule has 1 aromatic carbocycles. The Hall–Kier alpha value is -0.540. The van der Waals surface area contributed by atoms with Crippen molar-refractivity contribution in [1.29, 1.82) is 0 Å². The van der Waals surface area contributed by atoms with Crippen molar-refractivity contribution >= 4 is 15.9 Å². The number of halogens is 1. The maximum Gasteiger partial charge on any atom is 0.133 e. The van der Waals surface area contributed by atoms with Gasteiger partial charge in [-0.25, -0.2) is 0 Å². The number of aryl methyl sites for hydroxylation is 1. The average molecular weight is 258 g/mol. The normalized spacial score (nSPS) is 12.6. The van der Waals surface area contributed by atoms with Gasteiger partial charge >= 0.3 is 0 Å². The molecule has 1 atom stereocenters. The summed E-state index contributed by atoms with van der Waals surface area (Å²) in [6, 6.07) is 4.18. The van der Waals surface area contributed by atoms with Gasteiger partial charge in [0.05, 0.1) is 11.6 Å². The van der Waals surface area contributed by atoms with Crippen LogP contribution in [0, 0.1) is 6.92 Å². The molecule has 0 bridgehead atoms. The van der Waals surface area contributed by atoms with Gasteiger partial charge in [-0.05, 0) is 52.5 Å². The summed E-state index contributed by atoms with van der Waals surface area (Å²) < 4.78 is 6.29. The second-order valence-electron chi connectivity index (χ2n) is 3.49. The third-order valence-electron chi connectivity index (χ3n) is 2.39. The zero-order chi connectivity index (χ0) is 10.7. The van der Waals surface area contributed by atoms with Crippen molar-refractivity contribution in [3.05, 3.63) is 27.7 Å². The maximum atomic E-state index is 5.63. The topological polar surface area (TPSA) is 35.2 Å².